The monoisotopic (exact) mass is 231 g/mol. The molecule has 1 aromatic heterocycles. The summed E-state index contributed by atoms with van der Waals surface area (Å²) in [6.07, 6.45) is 0. The average Bonchev–Trinajstić information content (AvgIpc) is 2.00. The summed E-state index contributed by atoms with van der Waals surface area (Å²) < 4.78 is 5.85. The molecule has 0 amide bonds. The highest BCUT2D eigenvalue weighted by atomic mass is 79.9. The predicted octanol–water partition coefficient (Wildman–Crippen LogP) is 2.26. The molecule has 0 saturated heterocycles. The molecule has 0 aromatic carbocycles. The number of halogens is 1. The quantitative estimate of drug-likeness (QED) is 0.795. The van der Waals surface area contributed by atoms with Gasteiger partial charge in [0.15, 0.2) is 11.5 Å². The van der Waals surface area contributed by atoms with Crippen LogP contribution in [-0.4, -0.2) is 16.7 Å². The van der Waals surface area contributed by atoms with E-state index in [1.165, 1.54) is 0 Å². The summed E-state index contributed by atoms with van der Waals surface area (Å²) in [6.45, 7) is 4.12. The molecular formula is C8H10BrNO2. The van der Waals surface area contributed by atoms with Crippen molar-refractivity contribution >= 4 is 15.9 Å². The van der Waals surface area contributed by atoms with Crippen molar-refractivity contribution in [2.75, 3.05) is 6.61 Å². The number of aromatic nitrogens is 1. The zero-order valence-electron chi connectivity index (χ0n) is 6.97. The van der Waals surface area contributed by atoms with E-state index in [4.69, 9.17) is 4.74 Å². The van der Waals surface area contributed by atoms with Gasteiger partial charge >= 0.3 is 0 Å². The van der Waals surface area contributed by atoms with Gasteiger partial charge < -0.3 is 9.84 Å². The van der Waals surface area contributed by atoms with E-state index >= 15 is 0 Å². The fraction of sp³-hybridized carbons (Fsp3) is 0.375. The summed E-state index contributed by atoms with van der Waals surface area (Å²) in [7, 11) is 0. The number of pyridine rings is 1. The third-order valence-corrected chi connectivity index (χ3v) is 1.81. The molecule has 12 heavy (non-hydrogen) atoms. The number of aryl methyl sites for hydroxylation is 1. The Bertz CT molecular complexity index is 289. The van der Waals surface area contributed by atoms with Crippen molar-refractivity contribution in [2.45, 2.75) is 13.8 Å². The van der Waals surface area contributed by atoms with Gasteiger partial charge in [0, 0.05) is 6.07 Å². The van der Waals surface area contributed by atoms with Crippen LogP contribution in [0.3, 0.4) is 0 Å². The van der Waals surface area contributed by atoms with Gasteiger partial charge in [-0.3, -0.25) is 0 Å². The molecule has 0 aliphatic heterocycles. The number of aromatic hydroxyl groups is 1. The molecule has 1 aromatic rings. The van der Waals surface area contributed by atoms with Crippen molar-refractivity contribution in [1.29, 1.82) is 0 Å². The van der Waals surface area contributed by atoms with Gasteiger partial charge in [-0.2, -0.15) is 0 Å². The Hall–Kier alpha value is -0.770. The molecule has 66 valence electrons. The van der Waals surface area contributed by atoms with Gasteiger partial charge in [-0.05, 0) is 29.8 Å². The fourth-order valence-electron chi connectivity index (χ4n) is 0.866. The molecule has 4 heteroatoms. The van der Waals surface area contributed by atoms with E-state index < -0.39 is 0 Å². The molecule has 0 aliphatic rings. The summed E-state index contributed by atoms with van der Waals surface area (Å²) in [6, 6.07) is 1.64. The minimum absolute atomic E-state index is 0.111. The Morgan fingerprint density at radius 3 is 2.92 bits per heavy atom. The highest BCUT2D eigenvalue weighted by molar-refractivity contribution is 9.10. The molecular weight excluding hydrogens is 222 g/mol. The average molecular weight is 232 g/mol. The Kier molecular flexibility index (Phi) is 2.92. The van der Waals surface area contributed by atoms with Gasteiger partial charge in [0.1, 0.15) is 4.60 Å². The van der Waals surface area contributed by atoms with E-state index in [-0.39, 0.29) is 5.75 Å². The molecule has 1 N–H and O–H groups in total. The summed E-state index contributed by atoms with van der Waals surface area (Å²) >= 11 is 3.21. The third kappa shape index (κ3) is 1.88. The van der Waals surface area contributed by atoms with Crippen molar-refractivity contribution in [3.63, 3.8) is 0 Å². The fourth-order valence-corrected chi connectivity index (χ4v) is 1.34. The lowest BCUT2D eigenvalue weighted by Gasteiger charge is -2.07. The van der Waals surface area contributed by atoms with Crippen molar-refractivity contribution in [3.05, 3.63) is 16.4 Å². The summed E-state index contributed by atoms with van der Waals surface area (Å²) in [5.41, 5.74) is 0.563. The first-order valence-corrected chi connectivity index (χ1v) is 4.43. The second-order valence-electron chi connectivity index (χ2n) is 2.31. The van der Waals surface area contributed by atoms with Crippen LogP contribution in [0.2, 0.25) is 0 Å². The van der Waals surface area contributed by atoms with Crippen molar-refractivity contribution in [3.8, 4) is 11.5 Å². The highest BCUT2D eigenvalue weighted by Gasteiger charge is 2.07. The van der Waals surface area contributed by atoms with E-state index in [1.54, 1.807) is 13.0 Å². The van der Waals surface area contributed by atoms with Crippen LogP contribution >= 0.6 is 15.9 Å². The third-order valence-electron chi connectivity index (χ3n) is 1.40. The topological polar surface area (TPSA) is 42.4 Å². The predicted molar refractivity (Wildman–Crippen MR) is 49.5 cm³/mol. The van der Waals surface area contributed by atoms with E-state index in [2.05, 4.69) is 20.9 Å². The summed E-state index contributed by atoms with van der Waals surface area (Å²) in [5.74, 6) is 0.580. The van der Waals surface area contributed by atoms with Crippen molar-refractivity contribution in [2.24, 2.45) is 0 Å². The first-order chi connectivity index (χ1) is 5.65. The van der Waals surface area contributed by atoms with E-state index in [9.17, 15) is 5.11 Å². The number of hydrogen-bond donors (Lipinski definition) is 1. The number of nitrogens with zero attached hydrogens (tertiary/aromatic N) is 1. The van der Waals surface area contributed by atoms with Gasteiger partial charge in [0.25, 0.3) is 0 Å². The van der Waals surface area contributed by atoms with Gasteiger partial charge in [0.2, 0.25) is 0 Å². The molecule has 0 atom stereocenters. The number of rotatable bonds is 2. The van der Waals surface area contributed by atoms with Gasteiger partial charge in [-0.15, -0.1) is 0 Å². The maximum Gasteiger partial charge on any atom is 0.179 e. The molecule has 0 fully saturated rings. The Morgan fingerprint density at radius 1 is 1.67 bits per heavy atom. The van der Waals surface area contributed by atoms with Gasteiger partial charge in [-0.1, -0.05) is 0 Å². The van der Waals surface area contributed by atoms with Crippen LogP contribution < -0.4 is 4.74 Å². The van der Waals surface area contributed by atoms with Crippen LogP contribution in [-0.2, 0) is 0 Å². The lowest BCUT2D eigenvalue weighted by Crippen LogP contribution is -1.94. The molecule has 0 bridgehead atoms. The van der Waals surface area contributed by atoms with Crippen molar-refractivity contribution < 1.29 is 9.84 Å². The molecule has 0 aliphatic carbocycles. The lowest BCUT2D eigenvalue weighted by molar-refractivity contribution is 0.315. The molecule has 1 heterocycles. The second-order valence-corrected chi connectivity index (χ2v) is 3.12. The maximum atomic E-state index is 9.44. The zero-order valence-corrected chi connectivity index (χ0v) is 8.55. The maximum absolute atomic E-state index is 9.44. The first-order valence-electron chi connectivity index (χ1n) is 3.64. The Labute approximate surface area is 79.5 Å². The zero-order chi connectivity index (χ0) is 9.14. The minimum atomic E-state index is 0.111. The minimum Gasteiger partial charge on any atom is -0.503 e. The van der Waals surface area contributed by atoms with Gasteiger partial charge in [-0.25, -0.2) is 4.98 Å². The van der Waals surface area contributed by atoms with Crippen LogP contribution in [0.25, 0.3) is 0 Å². The normalized spacial score (nSPS) is 9.92. The van der Waals surface area contributed by atoms with E-state index in [0.29, 0.717) is 22.7 Å². The van der Waals surface area contributed by atoms with E-state index in [0.717, 1.165) is 0 Å². The summed E-state index contributed by atoms with van der Waals surface area (Å²) in [4.78, 5) is 4.00. The smallest absolute Gasteiger partial charge is 0.179 e. The Morgan fingerprint density at radius 2 is 2.33 bits per heavy atom. The summed E-state index contributed by atoms with van der Waals surface area (Å²) in [5, 5.41) is 9.44. The van der Waals surface area contributed by atoms with Crippen LogP contribution in [0, 0.1) is 6.92 Å². The SMILES string of the molecule is CCOc1cc(Br)nc(C)c1O. The van der Waals surface area contributed by atoms with Crippen molar-refractivity contribution in [1.82, 2.24) is 4.98 Å². The van der Waals surface area contributed by atoms with Crippen LogP contribution in [0.1, 0.15) is 12.6 Å². The molecule has 0 radical (unpaired) electrons. The standard InChI is InChI=1S/C8H10BrNO2/c1-3-12-6-4-7(9)10-5(2)8(6)11/h4,11H,3H2,1-2H3. The molecule has 3 nitrogen and oxygen atoms in total. The Balaban J connectivity index is 3.09. The molecule has 0 saturated carbocycles. The number of ether oxygens (including phenoxy) is 1. The number of hydrogen-bond acceptors (Lipinski definition) is 3. The van der Waals surface area contributed by atoms with Crippen LogP contribution in [0.15, 0.2) is 10.7 Å². The first kappa shape index (κ1) is 9.32. The largest absolute Gasteiger partial charge is 0.503 e. The lowest BCUT2D eigenvalue weighted by atomic mass is 10.3. The molecule has 0 unspecified atom stereocenters. The molecule has 1 rings (SSSR count). The highest BCUT2D eigenvalue weighted by Crippen LogP contribution is 2.30. The van der Waals surface area contributed by atoms with Crippen LogP contribution in [0.5, 0.6) is 11.5 Å². The molecule has 0 spiro atoms. The van der Waals surface area contributed by atoms with E-state index in [1.807, 2.05) is 6.92 Å². The second kappa shape index (κ2) is 3.76. The van der Waals surface area contributed by atoms with Gasteiger partial charge in [0.05, 0.1) is 12.3 Å². The van der Waals surface area contributed by atoms with Crippen LogP contribution in [0.4, 0.5) is 0 Å².